The summed E-state index contributed by atoms with van der Waals surface area (Å²) in [6.07, 6.45) is -1.39. The summed E-state index contributed by atoms with van der Waals surface area (Å²) in [4.78, 5) is 10.9. The molecule has 1 rings (SSSR count). The van der Waals surface area contributed by atoms with Gasteiger partial charge in [0.1, 0.15) is 5.69 Å². The molecular formula is C8H9F2IN2O2. The first-order chi connectivity index (χ1) is 6.76. The number of nitrogens with zero attached hydrogens (tertiary/aromatic N) is 2. The van der Waals surface area contributed by atoms with Gasteiger partial charge in [-0.25, -0.2) is 13.6 Å². The highest BCUT2D eigenvalue weighted by atomic mass is 127. The van der Waals surface area contributed by atoms with Gasteiger partial charge in [0.05, 0.1) is 3.57 Å². The van der Waals surface area contributed by atoms with Crippen molar-refractivity contribution in [3.8, 4) is 0 Å². The van der Waals surface area contributed by atoms with Crippen LogP contribution in [0.1, 0.15) is 26.0 Å². The normalized spacial score (nSPS) is 12.1. The van der Waals surface area contributed by atoms with Gasteiger partial charge in [-0.1, -0.05) is 0 Å². The maximum absolute atomic E-state index is 12.4. The fourth-order valence-corrected chi connectivity index (χ4v) is 1.51. The molecule has 1 aromatic heterocycles. The van der Waals surface area contributed by atoms with E-state index in [4.69, 9.17) is 5.11 Å². The van der Waals surface area contributed by atoms with Crippen molar-refractivity contribution < 1.29 is 18.7 Å². The van der Waals surface area contributed by atoms with Crippen molar-refractivity contribution in [3.05, 3.63) is 15.5 Å². The second kappa shape index (κ2) is 4.03. The first-order valence-electron chi connectivity index (χ1n) is 4.04. The highest BCUT2D eigenvalue weighted by Crippen LogP contribution is 2.25. The van der Waals surface area contributed by atoms with Crippen LogP contribution in [0.25, 0.3) is 0 Å². The van der Waals surface area contributed by atoms with Gasteiger partial charge >= 0.3 is 5.97 Å². The van der Waals surface area contributed by atoms with Crippen LogP contribution in [0.15, 0.2) is 6.20 Å². The fourth-order valence-electron chi connectivity index (χ4n) is 0.898. The number of hydrogen-bond donors (Lipinski definition) is 1. The Morgan fingerprint density at radius 1 is 1.67 bits per heavy atom. The molecule has 0 aliphatic rings. The summed E-state index contributed by atoms with van der Waals surface area (Å²) >= 11 is 1.70. The van der Waals surface area contributed by atoms with E-state index in [0.717, 1.165) is 4.68 Å². The van der Waals surface area contributed by atoms with Gasteiger partial charge in [0, 0.05) is 6.20 Å². The second-order valence-corrected chi connectivity index (χ2v) is 4.63. The molecule has 84 valence electrons. The van der Waals surface area contributed by atoms with Crippen LogP contribution in [-0.4, -0.2) is 20.9 Å². The summed E-state index contributed by atoms with van der Waals surface area (Å²) in [5, 5.41) is 12.5. The van der Waals surface area contributed by atoms with E-state index in [9.17, 15) is 13.6 Å². The van der Waals surface area contributed by atoms with Gasteiger partial charge in [-0.3, -0.25) is 4.68 Å². The molecule has 0 unspecified atom stereocenters. The van der Waals surface area contributed by atoms with Crippen LogP contribution in [0.4, 0.5) is 8.78 Å². The number of aliphatic carboxylic acids is 1. The van der Waals surface area contributed by atoms with Crippen LogP contribution in [0.5, 0.6) is 0 Å². The molecule has 4 nitrogen and oxygen atoms in total. The largest absolute Gasteiger partial charge is 0.479 e. The van der Waals surface area contributed by atoms with E-state index in [2.05, 4.69) is 5.10 Å². The molecule has 0 saturated heterocycles. The summed E-state index contributed by atoms with van der Waals surface area (Å²) in [6, 6.07) is 0. The SMILES string of the molecule is CC(C)(C(=O)O)n1cc(I)c(C(F)F)n1. The highest BCUT2D eigenvalue weighted by Gasteiger charge is 2.32. The maximum Gasteiger partial charge on any atom is 0.331 e. The zero-order chi connectivity index (χ0) is 11.8. The van der Waals surface area contributed by atoms with Crippen molar-refractivity contribution in [3.63, 3.8) is 0 Å². The van der Waals surface area contributed by atoms with Crippen molar-refractivity contribution >= 4 is 28.6 Å². The Hall–Kier alpha value is -0.730. The first kappa shape index (κ1) is 12.3. The molecule has 7 heteroatoms. The molecule has 0 amide bonds. The van der Waals surface area contributed by atoms with Gasteiger partial charge in [0.15, 0.2) is 5.54 Å². The number of hydrogen-bond acceptors (Lipinski definition) is 2. The van der Waals surface area contributed by atoms with E-state index in [-0.39, 0.29) is 9.26 Å². The molecule has 0 aliphatic heterocycles. The predicted molar refractivity (Wildman–Crippen MR) is 56.9 cm³/mol. The molecule has 0 spiro atoms. The van der Waals surface area contributed by atoms with Crippen LogP contribution in [0.3, 0.4) is 0 Å². The predicted octanol–water partition coefficient (Wildman–Crippen LogP) is 2.25. The van der Waals surface area contributed by atoms with Crippen LogP contribution in [0, 0.1) is 3.57 Å². The zero-order valence-corrected chi connectivity index (χ0v) is 10.2. The quantitative estimate of drug-likeness (QED) is 0.865. The maximum atomic E-state index is 12.4. The summed E-state index contributed by atoms with van der Waals surface area (Å²) < 4.78 is 26.1. The molecule has 0 atom stereocenters. The van der Waals surface area contributed by atoms with Crippen LogP contribution >= 0.6 is 22.6 Å². The second-order valence-electron chi connectivity index (χ2n) is 3.47. The smallest absolute Gasteiger partial charge is 0.331 e. The number of rotatable bonds is 3. The summed E-state index contributed by atoms with van der Waals surface area (Å²) in [5.74, 6) is -1.12. The van der Waals surface area contributed by atoms with E-state index in [1.807, 2.05) is 0 Å². The zero-order valence-electron chi connectivity index (χ0n) is 8.04. The number of halogens is 3. The molecule has 0 bridgehead atoms. The van der Waals surface area contributed by atoms with Crippen LogP contribution in [-0.2, 0) is 10.3 Å². The topological polar surface area (TPSA) is 55.1 Å². The molecular weight excluding hydrogens is 321 g/mol. The molecule has 1 N–H and O–H groups in total. The van der Waals surface area contributed by atoms with Gasteiger partial charge in [0.25, 0.3) is 6.43 Å². The van der Waals surface area contributed by atoms with Crippen molar-refractivity contribution in [1.82, 2.24) is 9.78 Å². The van der Waals surface area contributed by atoms with Gasteiger partial charge in [-0.05, 0) is 36.4 Å². The minimum atomic E-state index is -2.69. The van der Waals surface area contributed by atoms with Crippen molar-refractivity contribution in [2.45, 2.75) is 25.8 Å². The van der Waals surface area contributed by atoms with Crippen molar-refractivity contribution in [2.24, 2.45) is 0 Å². The lowest BCUT2D eigenvalue weighted by molar-refractivity contribution is -0.146. The van der Waals surface area contributed by atoms with E-state index >= 15 is 0 Å². The molecule has 0 radical (unpaired) electrons. The van der Waals surface area contributed by atoms with Gasteiger partial charge < -0.3 is 5.11 Å². The Bertz CT molecular complexity index is 390. The molecule has 1 aromatic rings. The third kappa shape index (κ3) is 2.27. The Morgan fingerprint density at radius 3 is 2.53 bits per heavy atom. The van der Waals surface area contributed by atoms with E-state index in [1.54, 1.807) is 22.6 Å². The van der Waals surface area contributed by atoms with Crippen LogP contribution < -0.4 is 0 Å². The molecule has 1 heterocycles. The Kier molecular flexibility index (Phi) is 3.31. The minimum absolute atomic E-state index is 0.261. The molecule has 0 saturated carbocycles. The number of carboxylic acid groups (broad SMARTS) is 1. The fraction of sp³-hybridized carbons (Fsp3) is 0.500. The summed E-state index contributed by atoms with van der Waals surface area (Å²) in [5.41, 5.74) is -1.71. The molecule has 0 fully saturated rings. The van der Waals surface area contributed by atoms with Crippen LogP contribution in [0.2, 0.25) is 0 Å². The standard InChI is InChI=1S/C8H9F2IN2O2/c1-8(2,7(14)15)13-3-4(11)5(12-13)6(9)10/h3,6H,1-2H3,(H,14,15). The lowest BCUT2D eigenvalue weighted by Crippen LogP contribution is -2.36. The van der Waals surface area contributed by atoms with E-state index in [1.165, 1.54) is 20.0 Å². The minimum Gasteiger partial charge on any atom is -0.479 e. The first-order valence-corrected chi connectivity index (χ1v) is 5.11. The summed E-state index contributed by atoms with van der Waals surface area (Å²) in [7, 11) is 0. The third-order valence-corrected chi connectivity index (χ3v) is 2.83. The highest BCUT2D eigenvalue weighted by molar-refractivity contribution is 14.1. The lowest BCUT2D eigenvalue weighted by Gasteiger charge is -2.19. The number of carboxylic acids is 1. The van der Waals surface area contributed by atoms with E-state index < -0.39 is 17.9 Å². The number of aromatic nitrogens is 2. The Morgan fingerprint density at radius 2 is 2.20 bits per heavy atom. The van der Waals surface area contributed by atoms with E-state index in [0.29, 0.717) is 0 Å². The Balaban J connectivity index is 3.18. The Labute approximate surface area is 98.4 Å². The molecule has 0 aliphatic carbocycles. The van der Waals surface area contributed by atoms with Gasteiger partial charge in [-0.15, -0.1) is 0 Å². The lowest BCUT2D eigenvalue weighted by atomic mass is 10.1. The van der Waals surface area contributed by atoms with Gasteiger partial charge in [-0.2, -0.15) is 5.10 Å². The molecule has 15 heavy (non-hydrogen) atoms. The van der Waals surface area contributed by atoms with Crippen molar-refractivity contribution in [1.29, 1.82) is 0 Å². The monoisotopic (exact) mass is 330 g/mol. The van der Waals surface area contributed by atoms with Crippen molar-refractivity contribution in [2.75, 3.05) is 0 Å². The molecule has 0 aromatic carbocycles. The third-order valence-electron chi connectivity index (χ3n) is 2.00. The number of carbonyl (C=O) groups is 1. The van der Waals surface area contributed by atoms with Gasteiger partial charge in [0.2, 0.25) is 0 Å². The summed E-state index contributed by atoms with van der Waals surface area (Å²) in [6.45, 7) is 2.79. The average Bonchev–Trinajstić information content (AvgIpc) is 2.47. The number of alkyl halides is 2. The average molecular weight is 330 g/mol.